The molecule has 1 amide bonds. The zero-order valence-electron chi connectivity index (χ0n) is 7.13. The highest BCUT2D eigenvalue weighted by Crippen LogP contribution is 2.38. The van der Waals surface area contributed by atoms with Crippen molar-refractivity contribution >= 4 is 11.9 Å². The van der Waals surface area contributed by atoms with Gasteiger partial charge in [0.05, 0.1) is 0 Å². The Labute approximate surface area is 71.2 Å². The van der Waals surface area contributed by atoms with Crippen LogP contribution in [-0.4, -0.2) is 17.4 Å². The van der Waals surface area contributed by atoms with Gasteiger partial charge in [-0.25, -0.2) is 4.99 Å². The van der Waals surface area contributed by atoms with E-state index in [-0.39, 0.29) is 11.9 Å². The third kappa shape index (κ3) is 0.906. The van der Waals surface area contributed by atoms with Gasteiger partial charge in [0.15, 0.2) is 5.96 Å². The van der Waals surface area contributed by atoms with Crippen molar-refractivity contribution in [1.29, 1.82) is 0 Å². The number of carbonyl (C=O) groups excluding carboxylic acids is 1. The summed E-state index contributed by atoms with van der Waals surface area (Å²) < 4.78 is 0. The average molecular weight is 167 g/mol. The van der Waals surface area contributed by atoms with Crippen LogP contribution in [-0.2, 0) is 4.79 Å². The molecule has 1 heterocycles. The Kier molecular flexibility index (Phi) is 1.40. The van der Waals surface area contributed by atoms with Crippen LogP contribution in [0.15, 0.2) is 4.99 Å². The summed E-state index contributed by atoms with van der Waals surface area (Å²) in [7, 11) is 0. The summed E-state index contributed by atoms with van der Waals surface area (Å²) in [6, 6.07) is 0. The molecule has 0 aromatic rings. The van der Waals surface area contributed by atoms with Gasteiger partial charge in [0.2, 0.25) is 0 Å². The third-order valence-electron chi connectivity index (χ3n) is 2.74. The lowest BCUT2D eigenvalue weighted by Gasteiger charge is -2.14. The van der Waals surface area contributed by atoms with Gasteiger partial charge in [-0.2, -0.15) is 0 Å². The van der Waals surface area contributed by atoms with Gasteiger partial charge >= 0.3 is 0 Å². The van der Waals surface area contributed by atoms with E-state index in [0.29, 0.717) is 5.92 Å². The summed E-state index contributed by atoms with van der Waals surface area (Å²) >= 11 is 0. The van der Waals surface area contributed by atoms with Crippen LogP contribution >= 0.6 is 0 Å². The Morgan fingerprint density at radius 2 is 2.50 bits per heavy atom. The van der Waals surface area contributed by atoms with Crippen molar-refractivity contribution in [1.82, 2.24) is 5.32 Å². The van der Waals surface area contributed by atoms with Crippen LogP contribution in [0.1, 0.15) is 26.2 Å². The van der Waals surface area contributed by atoms with Gasteiger partial charge in [0, 0.05) is 0 Å². The molecule has 0 saturated heterocycles. The van der Waals surface area contributed by atoms with Crippen LogP contribution in [0.3, 0.4) is 0 Å². The minimum absolute atomic E-state index is 0.00986. The molecule has 1 saturated carbocycles. The molecule has 0 radical (unpaired) electrons. The van der Waals surface area contributed by atoms with Crippen LogP contribution in [0, 0.1) is 5.92 Å². The molecule has 1 spiro atoms. The molecule has 2 unspecified atom stereocenters. The molecule has 2 aliphatic rings. The van der Waals surface area contributed by atoms with Crippen molar-refractivity contribution in [2.24, 2.45) is 16.6 Å². The fourth-order valence-corrected chi connectivity index (χ4v) is 2.12. The molecule has 4 nitrogen and oxygen atoms in total. The fourth-order valence-electron chi connectivity index (χ4n) is 2.12. The Morgan fingerprint density at radius 3 is 2.92 bits per heavy atom. The first-order valence-electron chi connectivity index (χ1n) is 4.29. The van der Waals surface area contributed by atoms with E-state index in [2.05, 4.69) is 17.2 Å². The Hall–Kier alpha value is -1.06. The number of nitrogens with one attached hydrogen (secondary N) is 1. The topological polar surface area (TPSA) is 67.5 Å². The molecule has 1 aliphatic carbocycles. The van der Waals surface area contributed by atoms with Crippen molar-refractivity contribution in [3.05, 3.63) is 0 Å². The second-order valence-corrected chi connectivity index (χ2v) is 3.83. The summed E-state index contributed by atoms with van der Waals surface area (Å²) in [5.74, 6) is 0.865. The second kappa shape index (κ2) is 2.21. The SMILES string of the molecule is CC1CCC2(C1)N=C(N)NC2=O. The van der Waals surface area contributed by atoms with Gasteiger partial charge in [0.25, 0.3) is 5.91 Å². The van der Waals surface area contributed by atoms with E-state index in [4.69, 9.17) is 5.73 Å². The summed E-state index contributed by atoms with van der Waals surface area (Å²) in [6.45, 7) is 2.14. The van der Waals surface area contributed by atoms with Crippen molar-refractivity contribution < 1.29 is 4.79 Å². The van der Waals surface area contributed by atoms with E-state index in [1.807, 2.05) is 0 Å². The number of nitrogens with zero attached hydrogens (tertiary/aromatic N) is 1. The smallest absolute Gasteiger partial charge is 0.254 e. The molecular formula is C8H13N3O. The standard InChI is InChI=1S/C8H13N3O/c1-5-2-3-8(4-5)6(12)10-7(9)11-8/h5H,2-4H2,1H3,(H3,9,10,11,12). The molecule has 0 aromatic heterocycles. The molecule has 4 heteroatoms. The first kappa shape index (κ1) is 7.58. The fraction of sp³-hybridized carbons (Fsp3) is 0.750. The number of hydrogen-bond acceptors (Lipinski definition) is 3. The van der Waals surface area contributed by atoms with Crippen molar-refractivity contribution in [3.63, 3.8) is 0 Å². The van der Waals surface area contributed by atoms with E-state index in [0.717, 1.165) is 19.3 Å². The maximum absolute atomic E-state index is 11.4. The lowest BCUT2D eigenvalue weighted by molar-refractivity contribution is -0.123. The molecule has 2 rings (SSSR count). The van der Waals surface area contributed by atoms with Crippen LogP contribution in [0.2, 0.25) is 0 Å². The number of carbonyl (C=O) groups is 1. The summed E-state index contributed by atoms with van der Waals surface area (Å²) in [4.78, 5) is 15.6. The zero-order chi connectivity index (χ0) is 8.77. The molecule has 2 atom stereocenters. The van der Waals surface area contributed by atoms with Crippen LogP contribution < -0.4 is 11.1 Å². The van der Waals surface area contributed by atoms with Crippen molar-refractivity contribution in [2.45, 2.75) is 31.7 Å². The first-order valence-corrected chi connectivity index (χ1v) is 4.29. The molecule has 12 heavy (non-hydrogen) atoms. The van der Waals surface area contributed by atoms with Gasteiger partial charge in [-0.3, -0.25) is 10.1 Å². The maximum atomic E-state index is 11.4. The summed E-state index contributed by atoms with van der Waals surface area (Å²) in [5, 5.41) is 2.56. The van der Waals surface area contributed by atoms with Crippen molar-refractivity contribution in [2.75, 3.05) is 0 Å². The lowest BCUT2D eigenvalue weighted by atomic mass is 9.97. The average Bonchev–Trinajstić information content (AvgIpc) is 2.43. The molecule has 1 fully saturated rings. The summed E-state index contributed by atoms with van der Waals surface area (Å²) in [5.41, 5.74) is 4.95. The van der Waals surface area contributed by atoms with Gasteiger partial charge in [-0.05, 0) is 25.2 Å². The molecule has 1 aliphatic heterocycles. The van der Waals surface area contributed by atoms with Crippen LogP contribution in [0.5, 0.6) is 0 Å². The largest absolute Gasteiger partial charge is 0.370 e. The quantitative estimate of drug-likeness (QED) is 0.533. The highest BCUT2D eigenvalue weighted by molar-refractivity contribution is 6.06. The molecule has 0 bridgehead atoms. The normalized spacial score (nSPS) is 40.2. The minimum Gasteiger partial charge on any atom is -0.370 e. The predicted molar refractivity (Wildman–Crippen MR) is 45.5 cm³/mol. The molecule has 3 N–H and O–H groups in total. The van der Waals surface area contributed by atoms with E-state index < -0.39 is 5.54 Å². The first-order chi connectivity index (χ1) is 5.62. The molecule has 0 aromatic carbocycles. The lowest BCUT2D eigenvalue weighted by Crippen LogP contribution is -2.39. The molecule has 66 valence electrons. The third-order valence-corrected chi connectivity index (χ3v) is 2.74. The number of nitrogens with two attached hydrogens (primary N) is 1. The van der Waals surface area contributed by atoms with Crippen LogP contribution in [0.25, 0.3) is 0 Å². The number of guanidine groups is 1. The highest BCUT2D eigenvalue weighted by atomic mass is 16.2. The second-order valence-electron chi connectivity index (χ2n) is 3.83. The number of amides is 1. The monoisotopic (exact) mass is 167 g/mol. The maximum Gasteiger partial charge on any atom is 0.254 e. The number of hydrogen-bond donors (Lipinski definition) is 2. The van der Waals surface area contributed by atoms with Crippen LogP contribution in [0.4, 0.5) is 0 Å². The van der Waals surface area contributed by atoms with Gasteiger partial charge in [-0.15, -0.1) is 0 Å². The zero-order valence-corrected chi connectivity index (χ0v) is 7.13. The van der Waals surface area contributed by atoms with E-state index in [1.54, 1.807) is 0 Å². The summed E-state index contributed by atoms with van der Waals surface area (Å²) in [6.07, 6.45) is 2.77. The van der Waals surface area contributed by atoms with Gasteiger partial charge in [-0.1, -0.05) is 6.92 Å². The number of rotatable bonds is 0. The minimum atomic E-state index is -0.497. The van der Waals surface area contributed by atoms with E-state index in [9.17, 15) is 4.79 Å². The Morgan fingerprint density at radius 1 is 1.75 bits per heavy atom. The Bertz CT molecular complexity index is 261. The highest BCUT2D eigenvalue weighted by Gasteiger charge is 2.47. The van der Waals surface area contributed by atoms with Gasteiger partial charge < -0.3 is 5.73 Å². The predicted octanol–water partition coefficient (Wildman–Crippen LogP) is -0.0103. The van der Waals surface area contributed by atoms with Crippen molar-refractivity contribution in [3.8, 4) is 0 Å². The Balaban J connectivity index is 2.27. The molecular weight excluding hydrogens is 154 g/mol. The van der Waals surface area contributed by atoms with E-state index in [1.165, 1.54) is 0 Å². The number of aliphatic imine (C=N–C) groups is 1. The van der Waals surface area contributed by atoms with E-state index >= 15 is 0 Å². The van der Waals surface area contributed by atoms with Gasteiger partial charge in [0.1, 0.15) is 5.54 Å².